The highest BCUT2D eigenvalue weighted by Crippen LogP contribution is 2.36. The van der Waals surface area contributed by atoms with E-state index in [1.807, 2.05) is 30.3 Å². The van der Waals surface area contributed by atoms with Gasteiger partial charge in [0.05, 0.1) is 20.4 Å². The van der Waals surface area contributed by atoms with Crippen LogP contribution in [0.1, 0.15) is 21.5 Å². The third-order valence-electron chi connectivity index (χ3n) is 4.76. The molecule has 3 aromatic rings. The Hall–Kier alpha value is -4.85. The molecule has 2 amide bonds. The number of phenolic OH excluding ortho intramolecular Hbond substituents is 1. The van der Waals surface area contributed by atoms with E-state index in [1.54, 1.807) is 42.5 Å². The first kappa shape index (κ1) is 24.8. The molecule has 3 N–H and O–H groups in total. The molecule has 0 aliphatic heterocycles. The van der Waals surface area contributed by atoms with Gasteiger partial charge in [0.25, 0.3) is 11.8 Å². The summed E-state index contributed by atoms with van der Waals surface area (Å²) in [7, 11) is 2.82. The molecule has 3 rings (SSSR count). The molecule has 0 saturated heterocycles. The van der Waals surface area contributed by atoms with E-state index in [-0.39, 0.29) is 22.9 Å². The third-order valence-corrected chi connectivity index (χ3v) is 4.76. The average Bonchev–Trinajstić information content (AvgIpc) is 2.89. The van der Waals surface area contributed by atoms with Crippen LogP contribution in [-0.2, 0) is 4.79 Å². The van der Waals surface area contributed by atoms with Crippen molar-refractivity contribution in [3.8, 4) is 17.2 Å². The van der Waals surface area contributed by atoms with Gasteiger partial charge >= 0.3 is 0 Å². The fourth-order valence-electron chi connectivity index (χ4n) is 2.99. The first-order valence-electron chi connectivity index (χ1n) is 10.6. The zero-order valence-corrected chi connectivity index (χ0v) is 19.3. The number of nitrogens with zero attached hydrogens (tertiary/aromatic N) is 1. The minimum Gasteiger partial charge on any atom is -0.502 e. The van der Waals surface area contributed by atoms with E-state index in [0.29, 0.717) is 11.1 Å². The highest BCUT2D eigenvalue weighted by Gasteiger charge is 2.14. The normalized spacial score (nSPS) is 11.4. The van der Waals surface area contributed by atoms with Crippen LogP contribution in [0.15, 0.2) is 95.7 Å². The second-order valence-electron chi connectivity index (χ2n) is 7.14. The lowest BCUT2D eigenvalue weighted by Crippen LogP contribution is -2.32. The zero-order chi connectivity index (χ0) is 25.0. The van der Waals surface area contributed by atoms with Gasteiger partial charge in [-0.25, -0.2) is 5.43 Å². The molecule has 0 atom stereocenters. The topological polar surface area (TPSA) is 109 Å². The summed E-state index contributed by atoms with van der Waals surface area (Å²) in [6, 6.07) is 21.2. The van der Waals surface area contributed by atoms with Gasteiger partial charge in [0, 0.05) is 11.1 Å². The van der Waals surface area contributed by atoms with Crippen molar-refractivity contribution in [2.24, 2.45) is 5.10 Å². The van der Waals surface area contributed by atoms with E-state index in [2.05, 4.69) is 15.8 Å². The highest BCUT2D eigenvalue weighted by atomic mass is 16.5. The van der Waals surface area contributed by atoms with E-state index >= 15 is 0 Å². The standard InChI is InChI=1S/C27H25N3O5/c1-34-23-16-20(17-24(35-2)25(23)31)18-28-30-27(33)22(15-9-12-19-10-5-3-6-11-19)29-26(32)21-13-7-4-8-14-21/h3-18,31H,1-2H3,(H,29,32)(H,30,33)/b12-9?,22-15?,28-18+. The van der Waals surface area contributed by atoms with Gasteiger partial charge < -0.3 is 19.9 Å². The lowest BCUT2D eigenvalue weighted by atomic mass is 10.2. The number of benzene rings is 3. The molecule has 0 heterocycles. The maximum absolute atomic E-state index is 12.8. The van der Waals surface area contributed by atoms with Crippen LogP contribution in [0, 0.1) is 0 Å². The van der Waals surface area contributed by atoms with E-state index in [1.165, 1.54) is 38.6 Å². The molecular weight excluding hydrogens is 446 g/mol. The average molecular weight is 472 g/mol. The lowest BCUT2D eigenvalue weighted by molar-refractivity contribution is -0.117. The highest BCUT2D eigenvalue weighted by molar-refractivity contribution is 6.03. The number of amides is 2. The Morgan fingerprint density at radius 3 is 2.09 bits per heavy atom. The van der Waals surface area contributed by atoms with Crippen LogP contribution in [0.5, 0.6) is 17.2 Å². The number of methoxy groups -OCH3 is 2. The van der Waals surface area contributed by atoms with Crippen LogP contribution in [0.25, 0.3) is 6.08 Å². The summed E-state index contributed by atoms with van der Waals surface area (Å²) in [6.07, 6.45) is 6.32. The Balaban J connectivity index is 1.78. The van der Waals surface area contributed by atoms with Crippen molar-refractivity contribution < 1.29 is 24.2 Å². The largest absolute Gasteiger partial charge is 0.502 e. The van der Waals surface area contributed by atoms with Crippen molar-refractivity contribution in [2.45, 2.75) is 0 Å². The summed E-state index contributed by atoms with van der Waals surface area (Å²) < 4.78 is 10.2. The maximum Gasteiger partial charge on any atom is 0.287 e. The number of carbonyl (C=O) groups excluding carboxylic acids is 2. The van der Waals surface area contributed by atoms with Crippen molar-refractivity contribution in [1.29, 1.82) is 0 Å². The first-order chi connectivity index (χ1) is 17.0. The molecular formula is C27H25N3O5. The Morgan fingerprint density at radius 2 is 1.49 bits per heavy atom. The number of carbonyl (C=O) groups is 2. The SMILES string of the molecule is COc1cc(/C=N/NC(=O)C(=CC=Cc2ccccc2)NC(=O)c2ccccc2)cc(OC)c1O. The molecule has 0 fully saturated rings. The molecule has 0 unspecified atom stereocenters. The molecule has 178 valence electrons. The number of allylic oxidation sites excluding steroid dienone is 2. The minimum absolute atomic E-state index is 0.00375. The number of nitrogens with one attached hydrogen (secondary N) is 2. The smallest absolute Gasteiger partial charge is 0.287 e. The van der Waals surface area contributed by atoms with Gasteiger partial charge in [-0.1, -0.05) is 60.7 Å². The number of phenols is 1. The summed E-state index contributed by atoms with van der Waals surface area (Å²) >= 11 is 0. The first-order valence-corrected chi connectivity index (χ1v) is 10.6. The molecule has 0 spiro atoms. The van der Waals surface area contributed by atoms with Gasteiger partial charge in [-0.3, -0.25) is 9.59 Å². The molecule has 0 aliphatic rings. The number of hydrogen-bond donors (Lipinski definition) is 3. The molecule has 8 nitrogen and oxygen atoms in total. The summed E-state index contributed by atoms with van der Waals surface area (Å²) in [5.41, 5.74) is 4.26. The number of aromatic hydroxyl groups is 1. The zero-order valence-electron chi connectivity index (χ0n) is 19.3. The molecule has 8 heteroatoms. The quantitative estimate of drug-likeness (QED) is 0.190. The van der Waals surface area contributed by atoms with Crippen molar-refractivity contribution in [3.63, 3.8) is 0 Å². The Bertz CT molecular complexity index is 1230. The van der Waals surface area contributed by atoms with Crippen LogP contribution in [0.4, 0.5) is 0 Å². The number of hydrazone groups is 1. The van der Waals surface area contributed by atoms with Gasteiger partial charge in [0.2, 0.25) is 5.75 Å². The van der Waals surface area contributed by atoms with Crippen molar-refractivity contribution in [1.82, 2.24) is 10.7 Å². The number of hydrogen-bond acceptors (Lipinski definition) is 6. The molecule has 0 bridgehead atoms. The molecule has 35 heavy (non-hydrogen) atoms. The summed E-state index contributed by atoms with van der Waals surface area (Å²) in [6.45, 7) is 0. The predicted molar refractivity (Wildman–Crippen MR) is 134 cm³/mol. The van der Waals surface area contributed by atoms with E-state index in [4.69, 9.17) is 9.47 Å². The van der Waals surface area contributed by atoms with Gasteiger partial charge in [0.15, 0.2) is 11.5 Å². The van der Waals surface area contributed by atoms with Gasteiger partial charge in [-0.05, 0) is 35.9 Å². The fourth-order valence-corrected chi connectivity index (χ4v) is 2.99. The Morgan fingerprint density at radius 1 is 0.886 bits per heavy atom. The molecule has 0 aromatic heterocycles. The van der Waals surface area contributed by atoms with Crippen LogP contribution < -0.4 is 20.2 Å². The summed E-state index contributed by atoms with van der Waals surface area (Å²) in [5, 5.41) is 16.6. The number of ether oxygens (including phenoxy) is 2. The monoisotopic (exact) mass is 471 g/mol. The van der Waals surface area contributed by atoms with Crippen LogP contribution in [0.3, 0.4) is 0 Å². The second-order valence-corrected chi connectivity index (χ2v) is 7.14. The van der Waals surface area contributed by atoms with E-state index < -0.39 is 11.8 Å². The fraction of sp³-hybridized carbons (Fsp3) is 0.0741. The lowest BCUT2D eigenvalue weighted by Gasteiger charge is -2.10. The van der Waals surface area contributed by atoms with Crippen molar-refractivity contribution >= 4 is 24.1 Å². The van der Waals surface area contributed by atoms with Crippen molar-refractivity contribution in [3.05, 3.63) is 107 Å². The summed E-state index contributed by atoms with van der Waals surface area (Å²) in [5.74, 6) is -0.814. The third kappa shape index (κ3) is 7.06. The molecule has 3 aromatic carbocycles. The predicted octanol–water partition coefficient (Wildman–Crippen LogP) is 3.89. The molecule has 0 aliphatic carbocycles. The second kappa shape index (κ2) is 12.4. The molecule has 0 radical (unpaired) electrons. The van der Waals surface area contributed by atoms with Gasteiger partial charge in [0.1, 0.15) is 5.70 Å². The molecule has 0 saturated carbocycles. The Kier molecular flexibility index (Phi) is 8.79. The summed E-state index contributed by atoms with van der Waals surface area (Å²) in [4.78, 5) is 25.4. The van der Waals surface area contributed by atoms with Crippen molar-refractivity contribution in [2.75, 3.05) is 14.2 Å². The van der Waals surface area contributed by atoms with Crippen LogP contribution in [-0.4, -0.2) is 37.4 Å². The van der Waals surface area contributed by atoms with Crippen LogP contribution >= 0.6 is 0 Å². The Labute approximate surface area is 203 Å². The maximum atomic E-state index is 12.8. The number of rotatable bonds is 9. The minimum atomic E-state index is -0.624. The van der Waals surface area contributed by atoms with E-state index in [0.717, 1.165) is 5.56 Å². The van der Waals surface area contributed by atoms with E-state index in [9.17, 15) is 14.7 Å². The van der Waals surface area contributed by atoms with Gasteiger partial charge in [-0.2, -0.15) is 5.10 Å². The van der Waals surface area contributed by atoms with Gasteiger partial charge in [-0.15, -0.1) is 0 Å². The van der Waals surface area contributed by atoms with Crippen LogP contribution in [0.2, 0.25) is 0 Å².